The molecular formula is C14H18N2O4. The van der Waals surface area contributed by atoms with E-state index in [0.29, 0.717) is 13.0 Å². The summed E-state index contributed by atoms with van der Waals surface area (Å²) in [5.41, 5.74) is 0.914. The van der Waals surface area contributed by atoms with Gasteiger partial charge < -0.3 is 20.1 Å². The van der Waals surface area contributed by atoms with Gasteiger partial charge in [-0.15, -0.1) is 0 Å². The summed E-state index contributed by atoms with van der Waals surface area (Å²) in [6.45, 7) is 2.10. The van der Waals surface area contributed by atoms with E-state index in [1.807, 2.05) is 24.3 Å². The van der Waals surface area contributed by atoms with Crippen LogP contribution >= 0.6 is 0 Å². The topological polar surface area (TPSA) is 78.9 Å². The molecule has 2 atom stereocenters. The van der Waals surface area contributed by atoms with Gasteiger partial charge in [-0.05, 0) is 12.5 Å². The van der Waals surface area contributed by atoms with Gasteiger partial charge in [0.2, 0.25) is 0 Å². The third kappa shape index (κ3) is 2.68. The number of benzene rings is 1. The van der Waals surface area contributed by atoms with E-state index in [1.165, 1.54) is 11.9 Å². The molecule has 1 aliphatic rings. The van der Waals surface area contributed by atoms with Crippen molar-refractivity contribution >= 4 is 12.0 Å². The molecular weight excluding hydrogens is 260 g/mol. The summed E-state index contributed by atoms with van der Waals surface area (Å²) in [5.74, 6) is -0.251. The average Bonchev–Trinajstić information content (AvgIpc) is 2.82. The number of fused-ring (bicyclic) bond motifs is 1. The zero-order valence-electron chi connectivity index (χ0n) is 11.5. The van der Waals surface area contributed by atoms with Crippen LogP contribution in [0, 0.1) is 0 Å². The fourth-order valence-electron chi connectivity index (χ4n) is 2.29. The normalized spacial score (nSPS) is 17.8. The number of aliphatic carboxylic acids is 1. The van der Waals surface area contributed by atoms with E-state index in [9.17, 15) is 9.59 Å². The number of nitrogens with one attached hydrogen (secondary N) is 1. The third-order valence-electron chi connectivity index (χ3n) is 3.46. The molecule has 0 aromatic heterocycles. The molecule has 1 aromatic carbocycles. The minimum atomic E-state index is -1.01. The lowest BCUT2D eigenvalue weighted by Crippen LogP contribution is -2.48. The number of hydrogen-bond acceptors (Lipinski definition) is 3. The maximum Gasteiger partial charge on any atom is 0.326 e. The van der Waals surface area contributed by atoms with E-state index >= 15 is 0 Å². The summed E-state index contributed by atoms with van der Waals surface area (Å²) >= 11 is 0. The SMILES string of the molecule is CCC(C(=O)O)N(C)C(=O)NC1COc2ccccc21. The Hall–Kier alpha value is -2.24. The number of hydrogen-bond donors (Lipinski definition) is 2. The lowest BCUT2D eigenvalue weighted by molar-refractivity contribution is -0.141. The van der Waals surface area contributed by atoms with Crippen LogP contribution in [0.3, 0.4) is 0 Å². The highest BCUT2D eigenvalue weighted by molar-refractivity contribution is 5.82. The minimum absolute atomic E-state index is 0.243. The predicted molar refractivity (Wildman–Crippen MR) is 72.7 cm³/mol. The quantitative estimate of drug-likeness (QED) is 0.877. The third-order valence-corrected chi connectivity index (χ3v) is 3.46. The van der Waals surface area contributed by atoms with Gasteiger partial charge in [0.15, 0.2) is 0 Å². The summed E-state index contributed by atoms with van der Waals surface area (Å²) in [6.07, 6.45) is 0.358. The van der Waals surface area contributed by atoms with Crippen LogP contribution in [0.5, 0.6) is 5.75 Å². The summed E-state index contributed by atoms with van der Waals surface area (Å²) in [7, 11) is 1.49. The Morgan fingerprint density at radius 3 is 2.85 bits per heavy atom. The fourth-order valence-corrected chi connectivity index (χ4v) is 2.29. The zero-order valence-corrected chi connectivity index (χ0v) is 11.5. The number of amides is 2. The molecule has 2 amide bonds. The van der Waals surface area contributed by atoms with Crippen LogP contribution in [0.2, 0.25) is 0 Å². The summed E-state index contributed by atoms with van der Waals surface area (Å²) in [4.78, 5) is 24.4. The molecule has 2 rings (SSSR count). The first-order chi connectivity index (χ1) is 9.54. The summed E-state index contributed by atoms with van der Waals surface area (Å²) < 4.78 is 5.48. The molecule has 108 valence electrons. The number of likely N-dealkylation sites (N-methyl/N-ethyl adjacent to an activating group) is 1. The van der Waals surface area contributed by atoms with Crippen LogP contribution < -0.4 is 10.1 Å². The van der Waals surface area contributed by atoms with Crippen LogP contribution in [0.25, 0.3) is 0 Å². The van der Waals surface area contributed by atoms with E-state index in [0.717, 1.165) is 11.3 Å². The molecule has 1 heterocycles. The lowest BCUT2D eigenvalue weighted by atomic mass is 10.1. The smallest absolute Gasteiger partial charge is 0.326 e. The maximum absolute atomic E-state index is 12.1. The van der Waals surface area contributed by atoms with Crippen LogP contribution in [0.15, 0.2) is 24.3 Å². The number of carboxylic acids is 1. The number of carbonyl (C=O) groups is 2. The maximum atomic E-state index is 12.1. The van der Waals surface area contributed by atoms with Gasteiger partial charge in [-0.1, -0.05) is 25.1 Å². The molecule has 0 saturated heterocycles. The molecule has 0 spiro atoms. The highest BCUT2D eigenvalue weighted by atomic mass is 16.5. The van der Waals surface area contributed by atoms with Gasteiger partial charge in [-0.2, -0.15) is 0 Å². The van der Waals surface area contributed by atoms with Gasteiger partial charge in [0.25, 0.3) is 0 Å². The summed E-state index contributed by atoms with van der Waals surface area (Å²) in [6, 6.07) is 6.00. The summed E-state index contributed by atoms with van der Waals surface area (Å²) in [5, 5.41) is 11.9. The van der Waals surface area contributed by atoms with Gasteiger partial charge >= 0.3 is 12.0 Å². The van der Waals surface area contributed by atoms with Crippen molar-refractivity contribution < 1.29 is 19.4 Å². The molecule has 0 bridgehead atoms. The van der Waals surface area contributed by atoms with Gasteiger partial charge in [0, 0.05) is 12.6 Å². The number of nitrogens with zero attached hydrogens (tertiary/aromatic N) is 1. The van der Waals surface area contributed by atoms with Gasteiger partial charge in [0.1, 0.15) is 18.4 Å². The molecule has 2 unspecified atom stereocenters. The predicted octanol–water partition coefficient (Wildman–Crippen LogP) is 1.62. The second-order valence-corrected chi connectivity index (χ2v) is 4.72. The van der Waals surface area contributed by atoms with Crippen molar-refractivity contribution in [2.75, 3.05) is 13.7 Å². The van der Waals surface area contributed by atoms with E-state index in [2.05, 4.69) is 5.32 Å². The average molecular weight is 278 g/mol. The largest absolute Gasteiger partial charge is 0.491 e. The monoisotopic (exact) mass is 278 g/mol. The second-order valence-electron chi connectivity index (χ2n) is 4.72. The van der Waals surface area contributed by atoms with Gasteiger partial charge in [0.05, 0.1) is 6.04 Å². The Morgan fingerprint density at radius 2 is 2.20 bits per heavy atom. The fraction of sp³-hybridized carbons (Fsp3) is 0.429. The Kier molecular flexibility index (Phi) is 4.12. The van der Waals surface area contributed by atoms with Crippen molar-refractivity contribution in [2.24, 2.45) is 0 Å². The van der Waals surface area contributed by atoms with E-state index < -0.39 is 18.0 Å². The molecule has 1 aromatic rings. The molecule has 20 heavy (non-hydrogen) atoms. The highest BCUT2D eigenvalue weighted by Crippen LogP contribution is 2.31. The Bertz CT molecular complexity index is 518. The van der Waals surface area contributed by atoms with Crippen molar-refractivity contribution in [1.82, 2.24) is 10.2 Å². The van der Waals surface area contributed by atoms with Crippen LogP contribution in [0.4, 0.5) is 4.79 Å². The molecule has 1 aliphatic heterocycles. The molecule has 6 nitrogen and oxygen atoms in total. The van der Waals surface area contributed by atoms with E-state index in [4.69, 9.17) is 9.84 Å². The van der Waals surface area contributed by atoms with Crippen LogP contribution in [0.1, 0.15) is 24.9 Å². The molecule has 0 saturated carbocycles. The second kappa shape index (κ2) is 5.81. The van der Waals surface area contributed by atoms with Crippen molar-refractivity contribution in [1.29, 1.82) is 0 Å². The van der Waals surface area contributed by atoms with E-state index in [-0.39, 0.29) is 6.04 Å². The van der Waals surface area contributed by atoms with Gasteiger partial charge in [-0.25, -0.2) is 9.59 Å². The minimum Gasteiger partial charge on any atom is -0.491 e. The van der Waals surface area contributed by atoms with E-state index in [1.54, 1.807) is 6.92 Å². The molecule has 0 aliphatic carbocycles. The Labute approximate surface area is 117 Å². The lowest BCUT2D eigenvalue weighted by Gasteiger charge is -2.25. The van der Waals surface area contributed by atoms with Crippen molar-refractivity contribution in [2.45, 2.75) is 25.4 Å². The van der Waals surface area contributed by atoms with Gasteiger partial charge in [-0.3, -0.25) is 0 Å². The van der Waals surface area contributed by atoms with Crippen molar-refractivity contribution in [3.05, 3.63) is 29.8 Å². The van der Waals surface area contributed by atoms with Crippen molar-refractivity contribution in [3.63, 3.8) is 0 Å². The zero-order chi connectivity index (χ0) is 14.7. The Balaban J connectivity index is 2.04. The first-order valence-electron chi connectivity index (χ1n) is 6.52. The number of carbonyl (C=O) groups excluding carboxylic acids is 1. The van der Waals surface area contributed by atoms with Crippen LogP contribution in [-0.2, 0) is 4.79 Å². The molecule has 0 fully saturated rings. The van der Waals surface area contributed by atoms with Crippen molar-refractivity contribution in [3.8, 4) is 5.75 Å². The number of rotatable bonds is 4. The first-order valence-corrected chi connectivity index (χ1v) is 6.52. The number of para-hydroxylation sites is 1. The number of carboxylic acid groups (broad SMARTS) is 1. The molecule has 2 N–H and O–H groups in total. The first kappa shape index (κ1) is 14.2. The highest BCUT2D eigenvalue weighted by Gasteiger charge is 2.29. The Morgan fingerprint density at radius 1 is 1.50 bits per heavy atom. The molecule has 6 heteroatoms. The van der Waals surface area contributed by atoms with Crippen LogP contribution in [-0.4, -0.2) is 41.7 Å². The standard InChI is InChI=1S/C14H18N2O4/c1-3-11(13(17)18)16(2)14(19)15-10-8-20-12-7-5-4-6-9(10)12/h4-7,10-11H,3,8H2,1-2H3,(H,15,19)(H,17,18). The number of ether oxygens (including phenoxy) is 1. The molecule has 0 radical (unpaired) electrons. The number of urea groups is 1.